The van der Waals surface area contributed by atoms with Gasteiger partial charge in [0, 0.05) is 18.4 Å². The molecule has 1 aliphatic carbocycles. The molecule has 0 radical (unpaired) electrons. The summed E-state index contributed by atoms with van der Waals surface area (Å²) in [5.74, 6) is 1.45. The summed E-state index contributed by atoms with van der Waals surface area (Å²) in [5.41, 5.74) is 1.47. The maximum atomic E-state index is 11.7. The number of hydrogen-bond acceptors (Lipinski definition) is 2. The highest BCUT2D eigenvalue weighted by molar-refractivity contribution is 5.76. The Morgan fingerprint density at radius 2 is 1.95 bits per heavy atom. The molecule has 0 aliphatic heterocycles. The first-order valence-corrected chi connectivity index (χ1v) is 6.97. The molecule has 0 unspecified atom stereocenters. The third-order valence-corrected chi connectivity index (χ3v) is 3.77. The van der Waals surface area contributed by atoms with Crippen LogP contribution in [0.5, 0.6) is 5.75 Å². The molecule has 0 spiro atoms. The highest BCUT2D eigenvalue weighted by Crippen LogP contribution is 2.47. The second kappa shape index (κ2) is 5.64. The molecule has 0 saturated heterocycles. The fourth-order valence-electron chi connectivity index (χ4n) is 2.37. The van der Waals surface area contributed by atoms with Crippen molar-refractivity contribution in [3.8, 4) is 5.75 Å². The Morgan fingerprint density at radius 1 is 1.32 bits per heavy atom. The van der Waals surface area contributed by atoms with Gasteiger partial charge in [-0.05, 0) is 36.5 Å². The predicted octanol–water partition coefficient (Wildman–Crippen LogP) is 2.89. The van der Waals surface area contributed by atoms with Crippen molar-refractivity contribution in [3.05, 3.63) is 29.8 Å². The Morgan fingerprint density at radius 3 is 2.42 bits per heavy atom. The van der Waals surface area contributed by atoms with Crippen LogP contribution in [0.25, 0.3) is 0 Å². The number of amides is 1. The monoisotopic (exact) mass is 261 g/mol. The molecule has 0 heterocycles. The number of carbonyl (C=O) groups excluding carboxylic acids is 1. The zero-order valence-corrected chi connectivity index (χ0v) is 12.0. The molecule has 1 N–H and O–H groups in total. The molecule has 3 nitrogen and oxygen atoms in total. The lowest BCUT2D eigenvalue weighted by Crippen LogP contribution is -2.32. The van der Waals surface area contributed by atoms with E-state index in [1.165, 1.54) is 5.56 Å². The number of ether oxygens (including phenoxy) is 1. The van der Waals surface area contributed by atoms with Crippen LogP contribution < -0.4 is 10.1 Å². The van der Waals surface area contributed by atoms with Crippen molar-refractivity contribution in [2.45, 2.75) is 38.5 Å². The van der Waals surface area contributed by atoms with Crippen LogP contribution in [0.15, 0.2) is 24.3 Å². The van der Waals surface area contributed by atoms with Crippen LogP contribution in [-0.2, 0) is 10.2 Å². The molecule has 0 atom stereocenters. The third kappa shape index (κ3) is 3.49. The molecule has 1 saturated carbocycles. The molecule has 2 rings (SSSR count). The summed E-state index contributed by atoms with van der Waals surface area (Å²) in [6.07, 6.45) is 2.92. The normalized spacial score (nSPS) is 16.2. The summed E-state index contributed by atoms with van der Waals surface area (Å²) in [4.78, 5) is 11.7. The van der Waals surface area contributed by atoms with Crippen LogP contribution in [0.2, 0.25) is 0 Å². The van der Waals surface area contributed by atoms with Crippen LogP contribution in [0, 0.1) is 5.92 Å². The van der Waals surface area contributed by atoms with Gasteiger partial charge in [-0.25, -0.2) is 0 Å². The molecule has 104 valence electrons. The number of hydrogen-bond donors (Lipinski definition) is 1. The summed E-state index contributed by atoms with van der Waals surface area (Å²) >= 11 is 0. The van der Waals surface area contributed by atoms with Crippen molar-refractivity contribution in [2.75, 3.05) is 13.7 Å². The zero-order valence-electron chi connectivity index (χ0n) is 12.0. The summed E-state index contributed by atoms with van der Waals surface area (Å²) in [7, 11) is 1.67. The molecule has 1 aliphatic rings. The van der Waals surface area contributed by atoms with E-state index in [0.29, 0.717) is 12.3 Å². The molecule has 0 bridgehead atoms. The average molecular weight is 261 g/mol. The average Bonchev–Trinajstić information content (AvgIpc) is 3.17. The first kappa shape index (κ1) is 13.9. The van der Waals surface area contributed by atoms with Gasteiger partial charge in [0.25, 0.3) is 0 Å². The highest BCUT2D eigenvalue weighted by atomic mass is 16.5. The fourth-order valence-corrected chi connectivity index (χ4v) is 2.37. The molecule has 1 aromatic carbocycles. The number of nitrogens with one attached hydrogen (secondary N) is 1. The quantitative estimate of drug-likeness (QED) is 0.855. The third-order valence-electron chi connectivity index (χ3n) is 3.77. The standard InChI is InChI=1S/C16H23NO2/c1-12(2)10-15(18)17-11-16(8-9-16)13-4-6-14(19-3)7-5-13/h4-7,12H,8-11H2,1-3H3,(H,17,18). The van der Waals surface area contributed by atoms with Gasteiger partial charge in [-0.15, -0.1) is 0 Å². The maximum absolute atomic E-state index is 11.7. The first-order valence-electron chi connectivity index (χ1n) is 6.97. The van der Waals surface area contributed by atoms with Crippen LogP contribution in [0.3, 0.4) is 0 Å². The Kier molecular flexibility index (Phi) is 4.13. The Balaban J connectivity index is 1.93. The van der Waals surface area contributed by atoms with Gasteiger partial charge in [-0.2, -0.15) is 0 Å². The SMILES string of the molecule is COc1ccc(C2(CNC(=O)CC(C)C)CC2)cc1. The van der Waals surface area contributed by atoms with Crippen LogP contribution in [0.4, 0.5) is 0 Å². The second-order valence-corrected chi connectivity index (χ2v) is 5.88. The molecule has 1 fully saturated rings. The van der Waals surface area contributed by atoms with Crippen molar-refractivity contribution < 1.29 is 9.53 Å². The van der Waals surface area contributed by atoms with Gasteiger partial charge in [0.2, 0.25) is 5.91 Å². The van der Waals surface area contributed by atoms with E-state index in [2.05, 4.69) is 31.3 Å². The van der Waals surface area contributed by atoms with Gasteiger partial charge in [0.15, 0.2) is 0 Å². The van der Waals surface area contributed by atoms with E-state index in [9.17, 15) is 4.79 Å². The lowest BCUT2D eigenvalue weighted by atomic mass is 9.95. The van der Waals surface area contributed by atoms with E-state index < -0.39 is 0 Å². The minimum Gasteiger partial charge on any atom is -0.497 e. The largest absolute Gasteiger partial charge is 0.497 e. The van der Waals surface area contributed by atoms with Gasteiger partial charge in [-0.1, -0.05) is 26.0 Å². The van der Waals surface area contributed by atoms with Crippen LogP contribution >= 0.6 is 0 Å². The minimum absolute atomic E-state index is 0.162. The van der Waals surface area contributed by atoms with E-state index in [-0.39, 0.29) is 11.3 Å². The summed E-state index contributed by atoms with van der Waals surface area (Å²) in [6.45, 7) is 4.89. The van der Waals surface area contributed by atoms with Crippen molar-refractivity contribution in [3.63, 3.8) is 0 Å². The maximum Gasteiger partial charge on any atom is 0.220 e. The van der Waals surface area contributed by atoms with E-state index in [0.717, 1.165) is 25.1 Å². The number of rotatable bonds is 6. The lowest BCUT2D eigenvalue weighted by Gasteiger charge is -2.17. The number of carbonyl (C=O) groups is 1. The fraction of sp³-hybridized carbons (Fsp3) is 0.562. The lowest BCUT2D eigenvalue weighted by molar-refractivity contribution is -0.121. The smallest absolute Gasteiger partial charge is 0.220 e. The van der Waals surface area contributed by atoms with Gasteiger partial charge in [0.05, 0.1) is 7.11 Å². The Labute approximate surface area is 115 Å². The van der Waals surface area contributed by atoms with Gasteiger partial charge in [-0.3, -0.25) is 4.79 Å². The number of methoxy groups -OCH3 is 1. The van der Waals surface area contributed by atoms with Crippen molar-refractivity contribution >= 4 is 5.91 Å². The van der Waals surface area contributed by atoms with E-state index in [1.54, 1.807) is 7.11 Å². The van der Waals surface area contributed by atoms with E-state index >= 15 is 0 Å². The number of benzene rings is 1. The van der Waals surface area contributed by atoms with E-state index in [1.807, 2.05) is 12.1 Å². The molecular weight excluding hydrogens is 238 g/mol. The molecule has 3 heteroatoms. The molecule has 1 aromatic rings. The first-order chi connectivity index (χ1) is 9.05. The Bertz CT molecular complexity index is 433. The summed E-state index contributed by atoms with van der Waals surface area (Å²) in [5, 5.41) is 3.07. The molecule has 1 amide bonds. The topological polar surface area (TPSA) is 38.3 Å². The minimum atomic E-state index is 0.162. The molecular formula is C16H23NO2. The van der Waals surface area contributed by atoms with Crippen LogP contribution in [0.1, 0.15) is 38.7 Å². The van der Waals surface area contributed by atoms with Crippen molar-refractivity contribution in [2.24, 2.45) is 5.92 Å². The van der Waals surface area contributed by atoms with Gasteiger partial charge in [0.1, 0.15) is 5.75 Å². The van der Waals surface area contributed by atoms with Gasteiger partial charge >= 0.3 is 0 Å². The van der Waals surface area contributed by atoms with Crippen molar-refractivity contribution in [1.82, 2.24) is 5.32 Å². The second-order valence-electron chi connectivity index (χ2n) is 5.88. The summed E-state index contributed by atoms with van der Waals surface area (Å²) < 4.78 is 5.17. The molecule has 0 aromatic heterocycles. The highest BCUT2D eigenvalue weighted by Gasteiger charge is 2.44. The van der Waals surface area contributed by atoms with E-state index in [4.69, 9.17) is 4.74 Å². The predicted molar refractivity (Wildman–Crippen MR) is 76.4 cm³/mol. The zero-order chi connectivity index (χ0) is 13.9. The molecule has 19 heavy (non-hydrogen) atoms. The van der Waals surface area contributed by atoms with Crippen molar-refractivity contribution in [1.29, 1.82) is 0 Å². The van der Waals surface area contributed by atoms with Crippen LogP contribution in [-0.4, -0.2) is 19.6 Å². The van der Waals surface area contributed by atoms with Gasteiger partial charge < -0.3 is 10.1 Å². The summed E-state index contributed by atoms with van der Waals surface area (Å²) in [6, 6.07) is 8.21. The Hall–Kier alpha value is -1.51.